The Hall–Kier alpha value is -1.42. The molecule has 1 fully saturated rings. The number of nitrogens with zero attached hydrogens (tertiary/aromatic N) is 2. The van der Waals surface area contributed by atoms with Gasteiger partial charge in [0.05, 0.1) is 5.52 Å². The second-order valence-corrected chi connectivity index (χ2v) is 7.13. The number of rotatable bonds is 2. The zero-order chi connectivity index (χ0) is 14.8. The van der Waals surface area contributed by atoms with E-state index >= 15 is 0 Å². The van der Waals surface area contributed by atoms with Crippen LogP contribution in [-0.4, -0.2) is 33.7 Å². The molecular weight excluding hydrogens is 328 g/mol. The number of benzene rings is 1. The molecule has 0 spiro atoms. The van der Waals surface area contributed by atoms with E-state index in [0.717, 1.165) is 42.4 Å². The zero-order valence-electron chi connectivity index (χ0n) is 12.1. The molecule has 0 saturated carbocycles. The van der Waals surface area contributed by atoms with Crippen LogP contribution in [0.15, 0.2) is 36.5 Å². The number of carbonyl (C=O) groups excluding carboxylic acids is 1. The third-order valence-corrected chi connectivity index (χ3v) is 5.10. The number of fused-ring (bicyclic) bond motifs is 1. The highest BCUT2D eigenvalue weighted by molar-refractivity contribution is 9.09. The first kappa shape index (κ1) is 14.5. The number of hydrogen-bond donors (Lipinski definition) is 0. The van der Waals surface area contributed by atoms with Crippen molar-refractivity contribution in [1.82, 2.24) is 9.88 Å². The van der Waals surface area contributed by atoms with Crippen LogP contribution in [0.3, 0.4) is 0 Å². The molecule has 0 N–H and O–H groups in total. The molecule has 0 radical (unpaired) electrons. The Balaban J connectivity index is 1.82. The molecule has 4 heteroatoms. The fourth-order valence-electron chi connectivity index (χ4n) is 3.02. The molecule has 1 aliphatic rings. The first-order valence-electron chi connectivity index (χ1n) is 7.44. The number of hydrogen-bond acceptors (Lipinski definition) is 2. The van der Waals surface area contributed by atoms with Gasteiger partial charge in [-0.1, -0.05) is 35.0 Å². The molecule has 1 saturated heterocycles. The SMILES string of the molecule is CC(Br)C1CCN(C(=O)c2cccc3ncccc23)CC1. The summed E-state index contributed by atoms with van der Waals surface area (Å²) in [6.07, 6.45) is 3.90. The predicted octanol–water partition coefficient (Wildman–Crippen LogP) is 3.87. The number of piperidine rings is 1. The molecule has 110 valence electrons. The van der Waals surface area contributed by atoms with E-state index < -0.39 is 0 Å². The third kappa shape index (κ3) is 2.95. The second-order valence-electron chi connectivity index (χ2n) is 5.68. The quantitative estimate of drug-likeness (QED) is 0.773. The highest BCUT2D eigenvalue weighted by Gasteiger charge is 2.26. The molecule has 2 heterocycles. The van der Waals surface area contributed by atoms with Crippen LogP contribution in [0.25, 0.3) is 10.9 Å². The molecule has 21 heavy (non-hydrogen) atoms. The summed E-state index contributed by atoms with van der Waals surface area (Å²) in [5.74, 6) is 0.803. The summed E-state index contributed by atoms with van der Waals surface area (Å²) in [5.41, 5.74) is 1.65. The van der Waals surface area contributed by atoms with Gasteiger partial charge >= 0.3 is 0 Å². The second kappa shape index (κ2) is 6.14. The molecule has 1 aromatic heterocycles. The Morgan fingerprint density at radius 2 is 2.05 bits per heavy atom. The maximum absolute atomic E-state index is 12.8. The van der Waals surface area contributed by atoms with Crippen molar-refractivity contribution in [1.29, 1.82) is 0 Å². The number of likely N-dealkylation sites (tertiary alicyclic amines) is 1. The molecule has 1 amide bonds. The highest BCUT2D eigenvalue weighted by atomic mass is 79.9. The lowest BCUT2D eigenvalue weighted by atomic mass is 9.93. The van der Waals surface area contributed by atoms with E-state index in [-0.39, 0.29) is 5.91 Å². The minimum Gasteiger partial charge on any atom is -0.339 e. The van der Waals surface area contributed by atoms with Crippen LogP contribution in [-0.2, 0) is 0 Å². The topological polar surface area (TPSA) is 33.2 Å². The smallest absolute Gasteiger partial charge is 0.254 e. The standard InChI is InChI=1S/C17H19BrN2O/c1-12(18)13-7-10-20(11-8-13)17(21)15-4-2-6-16-14(15)5-3-9-19-16/h2-6,9,12-13H,7-8,10-11H2,1H3. The van der Waals surface area contributed by atoms with E-state index in [1.54, 1.807) is 6.20 Å². The number of amides is 1. The number of halogens is 1. The predicted molar refractivity (Wildman–Crippen MR) is 88.8 cm³/mol. The van der Waals surface area contributed by atoms with Crippen molar-refractivity contribution in [3.63, 3.8) is 0 Å². The largest absolute Gasteiger partial charge is 0.339 e. The van der Waals surface area contributed by atoms with E-state index in [4.69, 9.17) is 0 Å². The van der Waals surface area contributed by atoms with Crippen LogP contribution >= 0.6 is 15.9 Å². The maximum atomic E-state index is 12.8. The molecule has 1 aromatic carbocycles. The lowest BCUT2D eigenvalue weighted by Crippen LogP contribution is -2.40. The van der Waals surface area contributed by atoms with E-state index in [0.29, 0.717) is 10.7 Å². The summed E-state index contributed by atoms with van der Waals surface area (Å²) in [4.78, 5) is 19.6. The molecule has 1 aliphatic heterocycles. The van der Waals surface area contributed by atoms with Crippen molar-refractivity contribution in [2.24, 2.45) is 5.92 Å². The lowest BCUT2D eigenvalue weighted by molar-refractivity contribution is 0.0693. The fraction of sp³-hybridized carbons (Fsp3) is 0.412. The number of alkyl halides is 1. The van der Waals surface area contributed by atoms with Gasteiger partial charge in [0, 0.05) is 35.1 Å². The molecule has 0 bridgehead atoms. The van der Waals surface area contributed by atoms with Crippen LogP contribution in [0.1, 0.15) is 30.1 Å². The number of pyridine rings is 1. The van der Waals surface area contributed by atoms with Gasteiger partial charge in [-0.05, 0) is 37.0 Å². The van der Waals surface area contributed by atoms with Gasteiger partial charge in [0.25, 0.3) is 5.91 Å². The van der Waals surface area contributed by atoms with Crippen molar-refractivity contribution in [2.75, 3.05) is 13.1 Å². The molecule has 1 unspecified atom stereocenters. The summed E-state index contributed by atoms with van der Waals surface area (Å²) in [6.45, 7) is 3.88. The maximum Gasteiger partial charge on any atom is 0.254 e. The summed E-state index contributed by atoms with van der Waals surface area (Å²) < 4.78 is 0. The van der Waals surface area contributed by atoms with Gasteiger partial charge in [0.2, 0.25) is 0 Å². The molecule has 0 aliphatic carbocycles. The molecule has 1 atom stereocenters. The lowest BCUT2D eigenvalue weighted by Gasteiger charge is -2.33. The van der Waals surface area contributed by atoms with Crippen molar-refractivity contribution in [2.45, 2.75) is 24.6 Å². The van der Waals surface area contributed by atoms with Crippen molar-refractivity contribution in [3.05, 3.63) is 42.1 Å². The van der Waals surface area contributed by atoms with Crippen LogP contribution in [0, 0.1) is 5.92 Å². The van der Waals surface area contributed by atoms with Crippen LogP contribution in [0.4, 0.5) is 0 Å². The zero-order valence-corrected chi connectivity index (χ0v) is 13.7. The van der Waals surface area contributed by atoms with Gasteiger partial charge in [0.15, 0.2) is 0 Å². The van der Waals surface area contributed by atoms with Crippen molar-refractivity contribution >= 4 is 32.7 Å². The van der Waals surface area contributed by atoms with Crippen LogP contribution in [0.5, 0.6) is 0 Å². The van der Waals surface area contributed by atoms with E-state index in [1.807, 2.05) is 35.2 Å². The van der Waals surface area contributed by atoms with Gasteiger partial charge in [0.1, 0.15) is 0 Å². The minimum absolute atomic E-state index is 0.134. The monoisotopic (exact) mass is 346 g/mol. The van der Waals surface area contributed by atoms with Gasteiger partial charge in [-0.15, -0.1) is 0 Å². The highest BCUT2D eigenvalue weighted by Crippen LogP contribution is 2.27. The average Bonchev–Trinajstić information content (AvgIpc) is 2.53. The molecular formula is C17H19BrN2O. The van der Waals surface area contributed by atoms with Crippen molar-refractivity contribution < 1.29 is 4.79 Å². The third-order valence-electron chi connectivity index (χ3n) is 4.35. The summed E-state index contributed by atoms with van der Waals surface area (Å²) in [7, 11) is 0. The number of carbonyl (C=O) groups is 1. The van der Waals surface area contributed by atoms with Crippen LogP contribution in [0.2, 0.25) is 0 Å². The normalized spacial score (nSPS) is 17.9. The van der Waals surface area contributed by atoms with E-state index in [9.17, 15) is 4.79 Å². The Kier molecular flexibility index (Phi) is 4.24. The Bertz CT molecular complexity index is 643. The Morgan fingerprint density at radius 3 is 2.76 bits per heavy atom. The first-order chi connectivity index (χ1) is 10.2. The van der Waals surface area contributed by atoms with Gasteiger partial charge in [-0.25, -0.2) is 0 Å². The molecule has 3 nitrogen and oxygen atoms in total. The van der Waals surface area contributed by atoms with Crippen molar-refractivity contribution in [3.8, 4) is 0 Å². The Morgan fingerprint density at radius 1 is 1.29 bits per heavy atom. The summed E-state index contributed by atoms with van der Waals surface area (Å²) in [6, 6.07) is 9.63. The molecule has 3 rings (SSSR count). The minimum atomic E-state index is 0.134. The Labute approximate surface area is 133 Å². The fourth-order valence-corrected chi connectivity index (χ4v) is 3.55. The number of aromatic nitrogens is 1. The van der Waals surface area contributed by atoms with Gasteiger partial charge in [-0.3, -0.25) is 9.78 Å². The van der Waals surface area contributed by atoms with Gasteiger partial charge < -0.3 is 4.90 Å². The summed E-state index contributed by atoms with van der Waals surface area (Å²) in [5, 5.41) is 0.945. The average molecular weight is 347 g/mol. The van der Waals surface area contributed by atoms with E-state index in [2.05, 4.69) is 27.8 Å². The van der Waals surface area contributed by atoms with Crippen LogP contribution < -0.4 is 0 Å². The first-order valence-corrected chi connectivity index (χ1v) is 8.35. The van der Waals surface area contributed by atoms with E-state index in [1.165, 1.54) is 0 Å². The molecule has 2 aromatic rings. The summed E-state index contributed by atoms with van der Waals surface area (Å²) >= 11 is 3.66. The van der Waals surface area contributed by atoms with Gasteiger partial charge in [-0.2, -0.15) is 0 Å².